The molecule has 0 saturated heterocycles. The van der Waals surface area contributed by atoms with Gasteiger partial charge in [0.2, 0.25) is 0 Å². The Kier molecular flexibility index (Phi) is 3.32. The van der Waals surface area contributed by atoms with E-state index in [0.29, 0.717) is 5.69 Å². The molecule has 1 heterocycles. The maximum Gasteiger partial charge on any atom is 0.327 e. The predicted molar refractivity (Wildman–Crippen MR) is 38.2 cm³/mol. The van der Waals surface area contributed by atoms with Gasteiger partial charge in [-0.3, -0.25) is 9.97 Å². The molecule has 1 rings (SSSR count). The van der Waals surface area contributed by atoms with Crippen LogP contribution in [-0.4, -0.2) is 19.8 Å². The fourth-order valence-electron chi connectivity index (χ4n) is 0.528. The summed E-state index contributed by atoms with van der Waals surface area (Å²) in [7, 11) is -2.29. The summed E-state index contributed by atoms with van der Waals surface area (Å²) < 4.78 is 4.50. The van der Waals surface area contributed by atoms with Gasteiger partial charge in [-0.2, -0.15) is 0 Å². The molecule has 11 heavy (non-hydrogen) atoms. The van der Waals surface area contributed by atoms with E-state index in [4.69, 9.17) is 9.79 Å². The Morgan fingerprint density at radius 3 is 2.82 bits per heavy atom. The first-order valence-corrected chi connectivity index (χ1v) is 4.01. The number of aromatic nitrogens is 2. The van der Waals surface area contributed by atoms with E-state index in [0.717, 1.165) is 0 Å². The van der Waals surface area contributed by atoms with Crippen LogP contribution in [0.2, 0.25) is 0 Å². The SMILES string of the molecule is OP(O)OCc1cnccn1. The van der Waals surface area contributed by atoms with E-state index in [1.165, 1.54) is 18.6 Å². The molecule has 1 aromatic rings. The first-order chi connectivity index (χ1) is 5.29. The average molecular weight is 174 g/mol. The third kappa shape index (κ3) is 3.34. The molecule has 0 fully saturated rings. The first kappa shape index (κ1) is 8.49. The molecule has 0 aliphatic rings. The van der Waals surface area contributed by atoms with E-state index in [1.54, 1.807) is 0 Å². The summed E-state index contributed by atoms with van der Waals surface area (Å²) in [5.41, 5.74) is 0.572. The summed E-state index contributed by atoms with van der Waals surface area (Å²) in [4.78, 5) is 24.3. The van der Waals surface area contributed by atoms with Crippen LogP contribution in [0.25, 0.3) is 0 Å². The lowest BCUT2D eigenvalue weighted by Crippen LogP contribution is -1.91. The highest BCUT2D eigenvalue weighted by Gasteiger charge is 1.99. The molecule has 0 bridgehead atoms. The number of hydrogen-bond acceptors (Lipinski definition) is 5. The smallest absolute Gasteiger partial charge is 0.327 e. The minimum absolute atomic E-state index is 0.0759. The van der Waals surface area contributed by atoms with E-state index < -0.39 is 8.60 Å². The van der Waals surface area contributed by atoms with E-state index >= 15 is 0 Å². The van der Waals surface area contributed by atoms with Crippen LogP contribution in [-0.2, 0) is 11.1 Å². The zero-order valence-corrected chi connectivity index (χ0v) is 6.48. The van der Waals surface area contributed by atoms with Crippen LogP contribution in [0.4, 0.5) is 0 Å². The van der Waals surface area contributed by atoms with Crippen LogP contribution < -0.4 is 0 Å². The molecule has 1 aromatic heterocycles. The van der Waals surface area contributed by atoms with E-state index in [9.17, 15) is 0 Å². The predicted octanol–water partition coefficient (Wildman–Crippen LogP) is 0.205. The van der Waals surface area contributed by atoms with E-state index in [1.807, 2.05) is 0 Å². The van der Waals surface area contributed by atoms with Gasteiger partial charge in [0.25, 0.3) is 0 Å². The van der Waals surface area contributed by atoms with Crippen molar-refractivity contribution < 1.29 is 14.3 Å². The fourth-order valence-corrected chi connectivity index (χ4v) is 0.776. The zero-order valence-electron chi connectivity index (χ0n) is 5.58. The molecule has 0 saturated carbocycles. The number of rotatable bonds is 3. The monoisotopic (exact) mass is 174 g/mol. The molecule has 0 aromatic carbocycles. The lowest BCUT2D eigenvalue weighted by Gasteiger charge is -2.01. The molecule has 5 nitrogen and oxygen atoms in total. The van der Waals surface area contributed by atoms with Gasteiger partial charge in [-0.05, 0) is 0 Å². The lowest BCUT2D eigenvalue weighted by molar-refractivity contribution is 0.242. The standard InChI is InChI=1S/C5H7N2O3P/c8-11(9)10-4-5-3-6-1-2-7-5/h1-3,8-9H,4H2. The largest absolute Gasteiger partial charge is 0.328 e. The Balaban J connectivity index is 2.39. The van der Waals surface area contributed by atoms with Gasteiger partial charge in [-0.25, -0.2) is 0 Å². The second kappa shape index (κ2) is 4.31. The molecular formula is C5H7N2O3P. The maximum atomic E-state index is 8.36. The summed E-state index contributed by atoms with van der Waals surface area (Å²) >= 11 is 0. The van der Waals surface area contributed by atoms with Crippen molar-refractivity contribution in [3.8, 4) is 0 Å². The molecule has 0 aliphatic heterocycles. The fraction of sp³-hybridized carbons (Fsp3) is 0.200. The van der Waals surface area contributed by atoms with E-state index in [2.05, 4.69) is 14.5 Å². The molecule has 0 spiro atoms. The third-order valence-electron chi connectivity index (χ3n) is 0.945. The van der Waals surface area contributed by atoms with Crippen molar-refractivity contribution in [2.24, 2.45) is 0 Å². The van der Waals surface area contributed by atoms with Crippen molar-refractivity contribution in [2.75, 3.05) is 0 Å². The van der Waals surface area contributed by atoms with E-state index in [-0.39, 0.29) is 6.61 Å². The van der Waals surface area contributed by atoms with Gasteiger partial charge in [0.1, 0.15) is 0 Å². The van der Waals surface area contributed by atoms with Crippen molar-refractivity contribution in [3.05, 3.63) is 24.3 Å². The highest BCUT2D eigenvalue weighted by Crippen LogP contribution is 2.25. The molecular weight excluding hydrogens is 167 g/mol. The van der Waals surface area contributed by atoms with Crippen molar-refractivity contribution in [1.82, 2.24) is 9.97 Å². The Morgan fingerprint density at radius 2 is 2.27 bits per heavy atom. The summed E-state index contributed by atoms with van der Waals surface area (Å²) in [5.74, 6) is 0. The Morgan fingerprint density at radius 1 is 1.45 bits per heavy atom. The van der Waals surface area contributed by atoms with Crippen LogP contribution in [0.3, 0.4) is 0 Å². The lowest BCUT2D eigenvalue weighted by atomic mass is 10.5. The van der Waals surface area contributed by atoms with Crippen molar-refractivity contribution in [3.63, 3.8) is 0 Å². The van der Waals surface area contributed by atoms with Crippen LogP contribution in [0.1, 0.15) is 5.69 Å². The minimum Gasteiger partial charge on any atom is -0.328 e. The first-order valence-electron chi connectivity index (χ1n) is 2.85. The topological polar surface area (TPSA) is 75.5 Å². The van der Waals surface area contributed by atoms with Gasteiger partial charge < -0.3 is 14.3 Å². The van der Waals surface area contributed by atoms with Crippen molar-refractivity contribution >= 4 is 8.60 Å². The Hall–Kier alpha value is -0.610. The van der Waals surface area contributed by atoms with Gasteiger partial charge in [0.15, 0.2) is 0 Å². The third-order valence-corrected chi connectivity index (χ3v) is 1.30. The van der Waals surface area contributed by atoms with Crippen LogP contribution >= 0.6 is 8.60 Å². The van der Waals surface area contributed by atoms with Gasteiger partial charge in [-0.1, -0.05) is 0 Å². The summed E-state index contributed by atoms with van der Waals surface area (Å²) in [6.45, 7) is 0.0759. The molecule has 2 N–H and O–H groups in total. The highest BCUT2D eigenvalue weighted by atomic mass is 31.2. The zero-order chi connectivity index (χ0) is 8.10. The van der Waals surface area contributed by atoms with Crippen molar-refractivity contribution in [2.45, 2.75) is 6.61 Å². The van der Waals surface area contributed by atoms with Crippen LogP contribution in [0.15, 0.2) is 18.6 Å². The maximum absolute atomic E-state index is 8.36. The number of nitrogens with zero attached hydrogens (tertiary/aromatic N) is 2. The number of hydrogen-bond donors (Lipinski definition) is 2. The Bertz CT molecular complexity index is 206. The second-order valence-electron chi connectivity index (χ2n) is 1.72. The van der Waals surface area contributed by atoms with Gasteiger partial charge in [-0.15, -0.1) is 0 Å². The van der Waals surface area contributed by atoms with Crippen molar-refractivity contribution in [1.29, 1.82) is 0 Å². The molecule has 0 amide bonds. The average Bonchev–Trinajstić information content (AvgIpc) is 2.03. The summed E-state index contributed by atoms with van der Waals surface area (Å²) in [5, 5.41) is 0. The summed E-state index contributed by atoms with van der Waals surface area (Å²) in [6, 6.07) is 0. The molecule has 0 radical (unpaired) electrons. The quantitative estimate of drug-likeness (QED) is 0.640. The summed E-state index contributed by atoms with van der Waals surface area (Å²) in [6.07, 6.45) is 4.54. The van der Waals surface area contributed by atoms with Gasteiger partial charge in [0, 0.05) is 12.4 Å². The molecule has 6 heteroatoms. The van der Waals surface area contributed by atoms with Crippen LogP contribution in [0.5, 0.6) is 0 Å². The second-order valence-corrected chi connectivity index (χ2v) is 2.49. The molecule has 0 aliphatic carbocycles. The molecule has 0 atom stereocenters. The highest BCUT2D eigenvalue weighted by molar-refractivity contribution is 7.39. The minimum atomic E-state index is -2.29. The Labute approximate surface area is 64.7 Å². The van der Waals surface area contributed by atoms with Crippen LogP contribution in [0, 0.1) is 0 Å². The van der Waals surface area contributed by atoms with Gasteiger partial charge in [0.05, 0.1) is 18.5 Å². The molecule has 60 valence electrons. The van der Waals surface area contributed by atoms with Gasteiger partial charge >= 0.3 is 8.60 Å². The molecule has 0 unspecified atom stereocenters. The normalized spacial score (nSPS) is 10.5.